The number of rotatable bonds is 1. The summed E-state index contributed by atoms with van der Waals surface area (Å²) in [5.41, 5.74) is 0.385. The molecule has 0 saturated heterocycles. The zero-order valence-electron chi connectivity index (χ0n) is 4.57. The Morgan fingerprint density at radius 1 is 1.89 bits per heavy atom. The summed E-state index contributed by atoms with van der Waals surface area (Å²) < 4.78 is 0. The van der Waals surface area contributed by atoms with Gasteiger partial charge in [0.25, 0.3) is 5.24 Å². The molecule has 1 rings (SSSR count). The normalized spacial score (nSPS) is 14.6. The zero-order valence-corrected chi connectivity index (χ0v) is 5.33. The molecule has 1 N–H and O–H groups in total. The summed E-state index contributed by atoms with van der Waals surface area (Å²) in [5, 5.41) is 2.24. The topological polar surface area (TPSA) is 29.1 Å². The highest BCUT2D eigenvalue weighted by Gasteiger charge is 2.02. The standard InChI is InChI=1S/C6H4ClNO/c7-6(9)5-1-3-8-4-2-5/h1,8H,3H2. The number of halogens is 1. The first-order valence-electron chi connectivity index (χ1n) is 2.44. The van der Waals surface area contributed by atoms with Crippen LogP contribution in [0.3, 0.4) is 0 Å². The van der Waals surface area contributed by atoms with E-state index in [-0.39, 0.29) is 0 Å². The van der Waals surface area contributed by atoms with Crippen LogP contribution in [0.1, 0.15) is 0 Å². The second-order valence-corrected chi connectivity index (χ2v) is 1.87. The van der Waals surface area contributed by atoms with Crippen LogP contribution >= 0.6 is 11.6 Å². The maximum atomic E-state index is 10.4. The van der Waals surface area contributed by atoms with Crippen molar-refractivity contribution in [1.82, 2.24) is 5.32 Å². The summed E-state index contributed by atoms with van der Waals surface area (Å²) in [6.07, 6.45) is 1.66. The van der Waals surface area contributed by atoms with Gasteiger partial charge >= 0.3 is 0 Å². The smallest absolute Gasteiger partial charge is 0.260 e. The summed E-state index contributed by atoms with van der Waals surface area (Å²) in [5.74, 6) is 2.54. The van der Waals surface area contributed by atoms with Gasteiger partial charge in [-0.3, -0.25) is 4.79 Å². The van der Waals surface area contributed by atoms with E-state index < -0.39 is 5.24 Å². The number of carbonyl (C=O) groups excluding carboxylic acids is 1. The van der Waals surface area contributed by atoms with Crippen LogP contribution in [0, 0.1) is 12.0 Å². The Labute approximate surface area is 57.9 Å². The molecule has 0 aliphatic carbocycles. The van der Waals surface area contributed by atoms with Crippen molar-refractivity contribution in [2.45, 2.75) is 0 Å². The van der Waals surface area contributed by atoms with E-state index in [0.717, 1.165) is 0 Å². The van der Waals surface area contributed by atoms with Crippen LogP contribution < -0.4 is 5.32 Å². The molecule has 0 aromatic carbocycles. The highest BCUT2D eigenvalue weighted by atomic mass is 35.5. The van der Waals surface area contributed by atoms with Gasteiger partial charge in [-0.05, 0) is 23.6 Å². The van der Waals surface area contributed by atoms with E-state index in [1.54, 1.807) is 6.08 Å². The number of hydrogen-bond acceptors (Lipinski definition) is 2. The van der Waals surface area contributed by atoms with Gasteiger partial charge in [0.05, 0.1) is 5.57 Å². The van der Waals surface area contributed by atoms with E-state index in [4.69, 9.17) is 11.6 Å². The van der Waals surface area contributed by atoms with Crippen LogP contribution in [0.5, 0.6) is 0 Å². The fourth-order valence-corrected chi connectivity index (χ4v) is 0.620. The summed E-state index contributed by atoms with van der Waals surface area (Å²) in [4.78, 5) is 10.4. The molecule has 0 fully saturated rings. The predicted octanol–water partition coefficient (Wildman–Crippen LogP) is 0.242. The highest BCUT2D eigenvalue weighted by molar-refractivity contribution is 6.68. The number of nitrogens with one attached hydrogen (secondary N) is 1. The molecule has 0 atom stereocenters. The fraction of sp³-hybridized carbons (Fsp3) is 0.167. The van der Waals surface area contributed by atoms with E-state index in [0.29, 0.717) is 12.1 Å². The molecule has 1 aliphatic rings. The summed E-state index contributed by atoms with van der Waals surface area (Å²) in [7, 11) is 0. The molecular weight excluding hydrogens is 138 g/mol. The Kier molecular flexibility index (Phi) is 1.76. The third kappa shape index (κ3) is 1.48. The second-order valence-electron chi connectivity index (χ2n) is 1.52. The molecule has 0 aromatic heterocycles. The molecule has 2 nitrogen and oxygen atoms in total. The first kappa shape index (κ1) is 6.18. The van der Waals surface area contributed by atoms with Crippen molar-refractivity contribution in [3.8, 4) is 12.0 Å². The van der Waals surface area contributed by atoms with Gasteiger partial charge < -0.3 is 5.32 Å². The van der Waals surface area contributed by atoms with Crippen molar-refractivity contribution in [2.24, 2.45) is 0 Å². The molecule has 0 saturated carbocycles. The first-order valence-corrected chi connectivity index (χ1v) is 2.82. The van der Waals surface area contributed by atoms with E-state index >= 15 is 0 Å². The lowest BCUT2D eigenvalue weighted by Gasteiger charge is -1.97. The van der Waals surface area contributed by atoms with Crippen LogP contribution in [0.15, 0.2) is 11.6 Å². The van der Waals surface area contributed by atoms with Gasteiger partial charge in [0.2, 0.25) is 0 Å². The number of hydrogen-bond donors (Lipinski definition) is 1. The number of allylic oxidation sites excluding steroid dienone is 1. The molecule has 0 amide bonds. The molecular formula is C6H4ClNO. The minimum atomic E-state index is -0.482. The SMILES string of the molecule is O=C(Cl)C1=CCNC#C1. The predicted molar refractivity (Wildman–Crippen MR) is 34.7 cm³/mol. The molecule has 0 bridgehead atoms. The third-order valence-electron chi connectivity index (χ3n) is 0.906. The van der Waals surface area contributed by atoms with E-state index in [2.05, 4.69) is 17.3 Å². The third-order valence-corrected chi connectivity index (χ3v) is 1.11. The summed E-state index contributed by atoms with van der Waals surface area (Å²) in [6.45, 7) is 0.598. The molecule has 9 heavy (non-hydrogen) atoms. The van der Waals surface area contributed by atoms with Gasteiger partial charge in [0.15, 0.2) is 0 Å². The molecule has 0 aromatic rings. The van der Waals surface area contributed by atoms with E-state index in [1.807, 2.05) is 0 Å². The quantitative estimate of drug-likeness (QED) is 0.419. The minimum absolute atomic E-state index is 0.385. The molecule has 3 heteroatoms. The van der Waals surface area contributed by atoms with Crippen LogP contribution in [0.4, 0.5) is 0 Å². The Morgan fingerprint density at radius 2 is 2.67 bits per heavy atom. The van der Waals surface area contributed by atoms with Crippen molar-refractivity contribution >= 4 is 16.8 Å². The van der Waals surface area contributed by atoms with E-state index in [9.17, 15) is 4.79 Å². The van der Waals surface area contributed by atoms with Gasteiger partial charge in [-0.25, -0.2) is 0 Å². The van der Waals surface area contributed by atoms with Gasteiger partial charge in [-0.2, -0.15) is 0 Å². The fourth-order valence-electron chi connectivity index (χ4n) is 0.496. The second kappa shape index (κ2) is 2.56. The van der Waals surface area contributed by atoms with Crippen LogP contribution in [-0.2, 0) is 4.79 Å². The monoisotopic (exact) mass is 141 g/mol. The van der Waals surface area contributed by atoms with Crippen LogP contribution in [0.2, 0.25) is 0 Å². The Morgan fingerprint density at radius 3 is 3.00 bits per heavy atom. The number of carbonyl (C=O) groups is 1. The van der Waals surface area contributed by atoms with Crippen molar-refractivity contribution in [1.29, 1.82) is 0 Å². The molecule has 46 valence electrons. The maximum Gasteiger partial charge on any atom is 0.260 e. The lowest BCUT2D eigenvalue weighted by molar-refractivity contribution is -0.108. The lowest BCUT2D eigenvalue weighted by Crippen LogP contribution is -2.10. The van der Waals surface area contributed by atoms with Crippen molar-refractivity contribution in [2.75, 3.05) is 6.54 Å². The van der Waals surface area contributed by atoms with Crippen LogP contribution in [0.25, 0.3) is 0 Å². The zero-order chi connectivity index (χ0) is 6.69. The van der Waals surface area contributed by atoms with E-state index in [1.165, 1.54) is 0 Å². The summed E-state index contributed by atoms with van der Waals surface area (Å²) in [6, 6.07) is 2.54. The highest BCUT2D eigenvalue weighted by Crippen LogP contribution is 1.98. The van der Waals surface area contributed by atoms with Gasteiger partial charge in [-0.15, -0.1) is 0 Å². The maximum absolute atomic E-state index is 10.4. The minimum Gasteiger partial charge on any atom is -0.342 e. The van der Waals surface area contributed by atoms with Crippen molar-refractivity contribution < 1.29 is 4.79 Å². The Hall–Kier alpha value is -0.940. The Balaban J connectivity index is 2.77. The summed E-state index contributed by atoms with van der Waals surface area (Å²) >= 11 is 5.12. The Bertz CT molecular complexity index is 221. The van der Waals surface area contributed by atoms with Crippen molar-refractivity contribution in [3.63, 3.8) is 0 Å². The lowest BCUT2D eigenvalue weighted by atomic mass is 10.2. The molecule has 0 spiro atoms. The van der Waals surface area contributed by atoms with Gasteiger partial charge in [0, 0.05) is 12.6 Å². The van der Waals surface area contributed by atoms with Crippen LogP contribution in [-0.4, -0.2) is 11.8 Å². The molecule has 1 heterocycles. The average molecular weight is 142 g/mol. The first-order chi connectivity index (χ1) is 4.30. The average Bonchev–Trinajstić information content (AvgIpc) is 1.90. The largest absolute Gasteiger partial charge is 0.342 e. The molecule has 0 radical (unpaired) electrons. The van der Waals surface area contributed by atoms with Crippen molar-refractivity contribution in [3.05, 3.63) is 11.6 Å². The molecule has 0 unspecified atom stereocenters. The van der Waals surface area contributed by atoms with Gasteiger partial charge in [-0.1, -0.05) is 0 Å². The molecule has 1 aliphatic heterocycles. The van der Waals surface area contributed by atoms with Gasteiger partial charge in [0.1, 0.15) is 0 Å².